The quantitative estimate of drug-likeness (QED) is 0.756. The van der Waals surface area contributed by atoms with Crippen LogP contribution in [-0.2, 0) is 0 Å². The monoisotopic (exact) mass is 309 g/mol. The zero-order valence-electron chi connectivity index (χ0n) is 12.3. The van der Waals surface area contributed by atoms with Gasteiger partial charge < -0.3 is 14.8 Å². The normalized spacial score (nSPS) is 14.1. The van der Waals surface area contributed by atoms with Gasteiger partial charge in [-0.3, -0.25) is 0 Å². The van der Waals surface area contributed by atoms with Crippen LogP contribution in [-0.4, -0.2) is 32.6 Å². The van der Waals surface area contributed by atoms with E-state index in [4.69, 9.17) is 4.74 Å². The molecular weight excluding hydrogens is 294 g/mol. The maximum Gasteiger partial charge on any atom is 0.339 e. The lowest BCUT2D eigenvalue weighted by Crippen LogP contribution is -2.02. The van der Waals surface area contributed by atoms with Gasteiger partial charge in [-0.05, 0) is 30.9 Å². The number of hydrogen-bond acceptors (Lipinski definition) is 4. The molecule has 0 amide bonds. The Morgan fingerprint density at radius 2 is 2.17 bits per heavy atom. The molecule has 2 N–H and O–H groups in total. The molecule has 2 aromatic heterocycles. The van der Waals surface area contributed by atoms with Gasteiger partial charge in [-0.15, -0.1) is 0 Å². The van der Waals surface area contributed by atoms with Crippen LogP contribution in [0, 0.1) is 5.92 Å². The molecule has 3 aromatic rings. The highest BCUT2D eigenvalue weighted by molar-refractivity contribution is 6.01. The van der Waals surface area contributed by atoms with Gasteiger partial charge in [-0.2, -0.15) is 0 Å². The van der Waals surface area contributed by atoms with Gasteiger partial charge >= 0.3 is 5.97 Å². The molecule has 0 saturated heterocycles. The summed E-state index contributed by atoms with van der Waals surface area (Å²) in [6, 6.07) is 7.57. The first kappa shape index (κ1) is 13.8. The molecule has 1 aliphatic rings. The summed E-state index contributed by atoms with van der Waals surface area (Å²) < 4.78 is 5.88. The number of rotatable bonds is 5. The predicted molar refractivity (Wildman–Crippen MR) is 84.5 cm³/mol. The number of fused-ring (bicyclic) bond motifs is 1. The van der Waals surface area contributed by atoms with Gasteiger partial charge in [0.2, 0.25) is 0 Å². The van der Waals surface area contributed by atoms with Crippen LogP contribution >= 0.6 is 0 Å². The Bertz CT molecular complexity index is 884. The Balaban J connectivity index is 1.76. The van der Waals surface area contributed by atoms with Gasteiger partial charge in [0.05, 0.1) is 23.9 Å². The second-order valence-electron chi connectivity index (χ2n) is 5.71. The average molecular weight is 309 g/mol. The van der Waals surface area contributed by atoms with E-state index in [9.17, 15) is 9.90 Å². The summed E-state index contributed by atoms with van der Waals surface area (Å²) in [6.45, 7) is 0.698. The van der Waals surface area contributed by atoms with Crippen molar-refractivity contribution in [2.75, 3.05) is 6.61 Å². The third kappa shape index (κ3) is 2.63. The van der Waals surface area contributed by atoms with Crippen molar-refractivity contribution in [3.05, 3.63) is 42.2 Å². The van der Waals surface area contributed by atoms with Gasteiger partial charge in [0.15, 0.2) is 5.82 Å². The Hall–Kier alpha value is -2.89. The largest absolute Gasteiger partial charge is 0.493 e. The molecule has 0 bridgehead atoms. The summed E-state index contributed by atoms with van der Waals surface area (Å²) in [4.78, 5) is 22.9. The highest BCUT2D eigenvalue weighted by atomic mass is 16.5. The van der Waals surface area contributed by atoms with Crippen molar-refractivity contribution in [2.24, 2.45) is 5.92 Å². The number of carbonyl (C=O) groups is 1. The second-order valence-corrected chi connectivity index (χ2v) is 5.71. The van der Waals surface area contributed by atoms with Crippen LogP contribution in [0.2, 0.25) is 0 Å². The lowest BCUT2D eigenvalue weighted by Gasteiger charge is -2.10. The predicted octanol–water partition coefficient (Wildman–Crippen LogP) is 3.11. The summed E-state index contributed by atoms with van der Waals surface area (Å²) >= 11 is 0. The molecule has 1 aromatic carbocycles. The van der Waals surface area contributed by atoms with Crippen molar-refractivity contribution in [1.29, 1.82) is 0 Å². The smallest absolute Gasteiger partial charge is 0.339 e. The number of ether oxygens (including phenoxy) is 1. The van der Waals surface area contributed by atoms with Crippen molar-refractivity contribution in [3.63, 3.8) is 0 Å². The third-order valence-electron chi connectivity index (χ3n) is 3.95. The first-order valence-corrected chi connectivity index (χ1v) is 7.52. The summed E-state index contributed by atoms with van der Waals surface area (Å²) in [5, 5.41) is 9.23. The fraction of sp³-hybridized carbons (Fsp3) is 0.235. The van der Waals surface area contributed by atoms with Crippen LogP contribution in [0.4, 0.5) is 0 Å². The molecule has 1 saturated carbocycles. The fourth-order valence-corrected chi connectivity index (χ4v) is 2.47. The second kappa shape index (κ2) is 5.39. The molecule has 0 atom stereocenters. The van der Waals surface area contributed by atoms with Crippen molar-refractivity contribution in [1.82, 2.24) is 15.0 Å². The lowest BCUT2D eigenvalue weighted by atomic mass is 10.2. The van der Waals surface area contributed by atoms with E-state index in [2.05, 4.69) is 15.0 Å². The number of aromatic nitrogens is 3. The summed E-state index contributed by atoms with van der Waals surface area (Å²) in [7, 11) is 0. The number of hydrogen-bond donors (Lipinski definition) is 2. The Morgan fingerprint density at radius 1 is 1.35 bits per heavy atom. The van der Waals surface area contributed by atoms with E-state index in [0.717, 1.165) is 11.3 Å². The van der Waals surface area contributed by atoms with Gasteiger partial charge in [0, 0.05) is 6.20 Å². The van der Waals surface area contributed by atoms with Crippen LogP contribution in [0.15, 0.2) is 36.7 Å². The molecule has 0 radical (unpaired) electrons. The molecule has 4 rings (SSSR count). The minimum atomic E-state index is -1.01. The molecular formula is C17H15N3O3. The third-order valence-corrected chi connectivity index (χ3v) is 3.95. The molecule has 116 valence electrons. The highest BCUT2D eigenvalue weighted by Gasteiger charge is 2.23. The first-order chi connectivity index (χ1) is 11.2. The molecule has 23 heavy (non-hydrogen) atoms. The lowest BCUT2D eigenvalue weighted by molar-refractivity contribution is 0.0699. The zero-order chi connectivity index (χ0) is 15.8. The minimum absolute atomic E-state index is 0.139. The van der Waals surface area contributed by atoms with E-state index < -0.39 is 5.97 Å². The maximum atomic E-state index is 11.3. The van der Waals surface area contributed by atoms with Crippen LogP contribution in [0.1, 0.15) is 23.2 Å². The van der Waals surface area contributed by atoms with Gasteiger partial charge in [-0.1, -0.05) is 12.1 Å². The van der Waals surface area contributed by atoms with Crippen molar-refractivity contribution < 1.29 is 14.6 Å². The van der Waals surface area contributed by atoms with Gasteiger partial charge in [0.1, 0.15) is 16.8 Å². The van der Waals surface area contributed by atoms with E-state index in [1.807, 2.05) is 24.3 Å². The number of carboxylic acids is 1. The molecule has 6 heteroatoms. The van der Waals surface area contributed by atoms with Crippen LogP contribution in [0.3, 0.4) is 0 Å². The van der Waals surface area contributed by atoms with E-state index in [-0.39, 0.29) is 5.56 Å². The number of para-hydroxylation sites is 1. The van der Waals surface area contributed by atoms with Crippen LogP contribution in [0.25, 0.3) is 22.4 Å². The Morgan fingerprint density at radius 3 is 2.96 bits per heavy atom. The number of aromatic carboxylic acids is 1. The molecule has 1 aliphatic carbocycles. The van der Waals surface area contributed by atoms with Crippen LogP contribution in [0.5, 0.6) is 5.75 Å². The van der Waals surface area contributed by atoms with Gasteiger partial charge in [0.25, 0.3) is 0 Å². The number of nitrogens with zero attached hydrogens (tertiary/aromatic N) is 2. The topological polar surface area (TPSA) is 88.1 Å². The standard InChI is InChI=1S/C17H15N3O3/c21-17(22)12-7-18-13-8-19-16(20-15(12)13)11-3-1-2-4-14(11)23-9-10-5-6-10/h1-4,7-8,10,18H,5-6,9H2,(H,21,22). The fourth-order valence-electron chi connectivity index (χ4n) is 2.47. The molecule has 0 aliphatic heterocycles. The number of carboxylic acid groups (broad SMARTS) is 1. The summed E-state index contributed by atoms with van der Waals surface area (Å²) in [5.74, 6) is 0.825. The summed E-state index contributed by atoms with van der Waals surface area (Å²) in [5.41, 5.74) is 1.91. The maximum absolute atomic E-state index is 11.3. The SMILES string of the molecule is O=C(O)c1c[nH]c2cnc(-c3ccccc3OCC3CC3)nc12. The molecule has 6 nitrogen and oxygen atoms in total. The van der Waals surface area contributed by atoms with Crippen molar-refractivity contribution in [3.8, 4) is 17.1 Å². The highest BCUT2D eigenvalue weighted by Crippen LogP contribution is 2.33. The van der Waals surface area contributed by atoms with E-state index in [1.165, 1.54) is 19.0 Å². The first-order valence-electron chi connectivity index (χ1n) is 7.52. The summed E-state index contributed by atoms with van der Waals surface area (Å²) in [6.07, 6.45) is 5.47. The average Bonchev–Trinajstić information content (AvgIpc) is 3.29. The number of nitrogens with one attached hydrogen (secondary N) is 1. The number of H-pyrrole nitrogens is 1. The van der Waals surface area contributed by atoms with E-state index in [1.54, 1.807) is 6.20 Å². The molecule has 0 spiro atoms. The number of benzene rings is 1. The van der Waals surface area contributed by atoms with E-state index in [0.29, 0.717) is 29.4 Å². The minimum Gasteiger partial charge on any atom is -0.493 e. The number of aromatic amines is 1. The van der Waals surface area contributed by atoms with E-state index >= 15 is 0 Å². The molecule has 2 heterocycles. The Kier molecular flexibility index (Phi) is 3.22. The molecule has 0 unspecified atom stereocenters. The van der Waals surface area contributed by atoms with Crippen molar-refractivity contribution >= 4 is 17.0 Å². The zero-order valence-corrected chi connectivity index (χ0v) is 12.3. The van der Waals surface area contributed by atoms with Crippen LogP contribution < -0.4 is 4.74 Å². The molecule has 1 fully saturated rings. The van der Waals surface area contributed by atoms with Crippen molar-refractivity contribution in [2.45, 2.75) is 12.8 Å². The Labute approximate surface area is 132 Å². The van der Waals surface area contributed by atoms with Gasteiger partial charge in [-0.25, -0.2) is 14.8 Å².